The van der Waals surface area contributed by atoms with Crippen molar-refractivity contribution in [3.63, 3.8) is 0 Å². The van der Waals surface area contributed by atoms with Crippen LogP contribution in [0.3, 0.4) is 0 Å². The molecule has 0 aliphatic rings. The van der Waals surface area contributed by atoms with Crippen LogP contribution in [0.1, 0.15) is 0 Å². The van der Waals surface area contributed by atoms with E-state index < -0.39 is 21.0 Å². The van der Waals surface area contributed by atoms with Gasteiger partial charge in [-0.3, -0.25) is 0 Å². The summed E-state index contributed by atoms with van der Waals surface area (Å²) in [5.74, 6) is 0. The van der Waals surface area contributed by atoms with E-state index in [1.54, 1.807) is 15.9 Å². The second-order valence-electron chi connectivity index (χ2n) is 2.02. The highest BCUT2D eigenvalue weighted by atomic mass is 79.9. The molecule has 0 saturated carbocycles. The maximum absolute atomic E-state index is 11.9. The lowest BCUT2D eigenvalue weighted by Gasteiger charge is -2.29. The summed E-state index contributed by atoms with van der Waals surface area (Å²) in [5, 5.41) is 0. The van der Waals surface area contributed by atoms with Crippen LogP contribution in [0, 0.1) is 0 Å². The van der Waals surface area contributed by atoms with Crippen molar-refractivity contribution in [2.24, 2.45) is 0 Å². The van der Waals surface area contributed by atoms with Gasteiger partial charge in [-0.25, -0.2) is 0 Å². The molecule has 0 saturated heterocycles. The Balaban J connectivity index is 4.86. The molecule has 0 aliphatic heterocycles. The molecule has 80 valence electrons. The van der Waals surface area contributed by atoms with Crippen molar-refractivity contribution in [3.05, 3.63) is 0 Å². The van der Waals surface area contributed by atoms with Gasteiger partial charge in [0.1, 0.15) is 4.83 Å². The molecule has 0 spiro atoms. The molecule has 9 heteroatoms. The van der Waals surface area contributed by atoms with Gasteiger partial charge in [0, 0.05) is 0 Å². The van der Waals surface area contributed by atoms with Crippen molar-refractivity contribution in [2.45, 2.75) is 21.0 Å². The van der Waals surface area contributed by atoms with Crippen LogP contribution in [0.4, 0.5) is 26.3 Å². The summed E-state index contributed by atoms with van der Waals surface area (Å²) >= 11 is 8.28. The molecule has 0 aromatic rings. The highest BCUT2D eigenvalue weighted by Crippen LogP contribution is 2.51. The smallest absolute Gasteiger partial charge is 0.170 e. The molecular formula is C4HBr2ClF6. The van der Waals surface area contributed by atoms with Crippen molar-refractivity contribution in [1.82, 2.24) is 0 Å². The summed E-state index contributed by atoms with van der Waals surface area (Å²) in [6.45, 7) is 0. The molecule has 0 N–H and O–H groups in total. The van der Waals surface area contributed by atoms with Gasteiger partial charge in [0.05, 0.1) is 0 Å². The second-order valence-corrected chi connectivity index (χ2v) is 5.24. The zero-order chi connectivity index (χ0) is 11.1. The molecule has 0 nitrogen and oxygen atoms in total. The average Bonchev–Trinajstić information content (AvgIpc) is 1.81. The van der Waals surface area contributed by atoms with Crippen molar-refractivity contribution in [3.8, 4) is 0 Å². The van der Waals surface area contributed by atoms with Crippen LogP contribution >= 0.6 is 43.5 Å². The van der Waals surface area contributed by atoms with Gasteiger partial charge in [0.2, 0.25) is 3.78 Å². The van der Waals surface area contributed by atoms with E-state index in [1.165, 1.54) is 0 Å². The highest BCUT2D eigenvalue weighted by Gasteiger charge is 2.64. The van der Waals surface area contributed by atoms with Crippen molar-refractivity contribution in [2.75, 3.05) is 0 Å². The Labute approximate surface area is 90.9 Å². The minimum absolute atomic E-state index is 1.78. The lowest BCUT2D eigenvalue weighted by atomic mass is 10.3. The fourth-order valence-electron chi connectivity index (χ4n) is 0.349. The van der Waals surface area contributed by atoms with E-state index in [9.17, 15) is 26.3 Å². The molecule has 0 fully saturated rings. The first-order valence-corrected chi connectivity index (χ1v) is 4.64. The summed E-state index contributed by atoms with van der Waals surface area (Å²) in [4.78, 5) is -2.91. The van der Waals surface area contributed by atoms with Gasteiger partial charge in [-0.05, 0) is 0 Å². The Bertz CT molecular complexity index is 184. The number of alkyl halides is 9. The quantitative estimate of drug-likeness (QED) is 0.487. The Kier molecular flexibility index (Phi) is 4.01. The predicted molar refractivity (Wildman–Crippen MR) is 42.3 cm³/mol. The lowest BCUT2D eigenvalue weighted by Crippen LogP contribution is -2.48. The molecule has 0 aliphatic carbocycles. The number of hydrogen-bond acceptors (Lipinski definition) is 0. The minimum atomic E-state index is -5.21. The summed E-state index contributed by atoms with van der Waals surface area (Å²) in [6, 6.07) is 0. The third-order valence-electron chi connectivity index (χ3n) is 0.984. The summed E-state index contributed by atoms with van der Waals surface area (Å²) in [7, 11) is 0. The van der Waals surface area contributed by atoms with Crippen molar-refractivity contribution < 1.29 is 26.3 Å². The van der Waals surface area contributed by atoms with Crippen LogP contribution in [0.25, 0.3) is 0 Å². The molecule has 0 rings (SSSR count). The van der Waals surface area contributed by atoms with Gasteiger partial charge in [-0.2, -0.15) is 26.3 Å². The van der Waals surface area contributed by atoms with Crippen LogP contribution in [0.2, 0.25) is 0 Å². The van der Waals surface area contributed by atoms with Gasteiger partial charge in [0.15, 0.2) is 0 Å². The first kappa shape index (κ1) is 13.8. The van der Waals surface area contributed by atoms with E-state index in [2.05, 4.69) is 11.6 Å². The van der Waals surface area contributed by atoms with Gasteiger partial charge in [0.25, 0.3) is 0 Å². The molecule has 0 aromatic heterocycles. The molecule has 0 radical (unpaired) electrons. The Morgan fingerprint density at radius 1 is 1.00 bits per heavy atom. The zero-order valence-electron chi connectivity index (χ0n) is 5.48. The van der Waals surface area contributed by atoms with E-state index in [-0.39, 0.29) is 0 Å². The maximum atomic E-state index is 11.9. The van der Waals surface area contributed by atoms with Crippen LogP contribution in [0.5, 0.6) is 0 Å². The molecular weight excluding hydrogens is 357 g/mol. The third kappa shape index (κ3) is 3.16. The topological polar surface area (TPSA) is 0 Å². The van der Waals surface area contributed by atoms with Gasteiger partial charge in [-0.15, -0.1) is 0 Å². The molecule has 0 heterocycles. The van der Waals surface area contributed by atoms with E-state index in [0.29, 0.717) is 0 Å². The number of halogens is 9. The first-order chi connectivity index (χ1) is 5.40. The van der Waals surface area contributed by atoms with Crippen molar-refractivity contribution >= 4 is 43.5 Å². The zero-order valence-corrected chi connectivity index (χ0v) is 9.41. The first-order valence-electron chi connectivity index (χ1n) is 2.56. The number of rotatable bonds is 1. The van der Waals surface area contributed by atoms with Crippen LogP contribution in [-0.4, -0.2) is 21.0 Å². The third-order valence-corrected chi connectivity index (χ3v) is 4.41. The molecule has 0 aromatic carbocycles. The van der Waals surface area contributed by atoms with E-state index in [4.69, 9.17) is 0 Å². The Hall–Kier alpha value is 0.830. The molecule has 0 bridgehead atoms. The summed E-state index contributed by atoms with van der Waals surface area (Å²) in [5.41, 5.74) is 0. The minimum Gasteiger partial charge on any atom is -0.170 e. The molecule has 0 amide bonds. The fraction of sp³-hybridized carbons (Fsp3) is 1.00. The second kappa shape index (κ2) is 3.77. The summed E-state index contributed by atoms with van der Waals surface area (Å²) in [6.07, 6.45) is -10.3. The molecule has 2 atom stereocenters. The number of hydrogen-bond donors (Lipinski definition) is 0. The largest absolute Gasteiger partial charge is 0.418 e. The standard InChI is InChI=1S/C4HBr2ClF6/c5-1(3(8,9)10)2(6,7)4(11,12)13/h1H/t1-,2-/m1/s1. The van der Waals surface area contributed by atoms with Crippen molar-refractivity contribution in [1.29, 1.82) is 0 Å². The maximum Gasteiger partial charge on any atom is 0.418 e. The van der Waals surface area contributed by atoms with Crippen LogP contribution < -0.4 is 0 Å². The average molecular weight is 358 g/mol. The van der Waals surface area contributed by atoms with Crippen LogP contribution in [0.15, 0.2) is 0 Å². The lowest BCUT2D eigenvalue weighted by molar-refractivity contribution is -0.179. The van der Waals surface area contributed by atoms with E-state index in [1.807, 2.05) is 15.9 Å². The van der Waals surface area contributed by atoms with Crippen LogP contribution in [-0.2, 0) is 0 Å². The van der Waals surface area contributed by atoms with E-state index in [0.717, 1.165) is 0 Å². The Morgan fingerprint density at radius 3 is 1.38 bits per heavy atom. The normalized spacial score (nSPS) is 21.0. The van der Waals surface area contributed by atoms with Gasteiger partial charge in [-0.1, -0.05) is 43.5 Å². The highest BCUT2D eigenvalue weighted by molar-refractivity contribution is 9.13. The molecule has 13 heavy (non-hydrogen) atoms. The SMILES string of the molecule is FC(F)(F)[C@H](Br)[C@](Cl)(Br)C(F)(F)F. The predicted octanol–water partition coefficient (Wildman–Crippen LogP) is 4.20. The van der Waals surface area contributed by atoms with Gasteiger partial charge < -0.3 is 0 Å². The van der Waals surface area contributed by atoms with E-state index >= 15 is 0 Å². The fourth-order valence-corrected chi connectivity index (χ4v) is 0.992. The molecule has 0 unspecified atom stereocenters. The monoisotopic (exact) mass is 356 g/mol. The Morgan fingerprint density at radius 2 is 1.31 bits per heavy atom. The van der Waals surface area contributed by atoms with Gasteiger partial charge >= 0.3 is 12.4 Å². The summed E-state index contributed by atoms with van der Waals surface area (Å²) < 4.78 is 67.6.